The third kappa shape index (κ3) is 5.81. The monoisotopic (exact) mass is 560 g/mol. The summed E-state index contributed by atoms with van der Waals surface area (Å²) in [6.07, 6.45) is 12.6. The van der Waals surface area contributed by atoms with Crippen molar-refractivity contribution in [3.05, 3.63) is 39.6 Å². The second kappa shape index (κ2) is 12.3. The number of piperidine rings is 1. The van der Waals surface area contributed by atoms with E-state index < -0.39 is 0 Å². The van der Waals surface area contributed by atoms with Gasteiger partial charge in [0.15, 0.2) is 0 Å². The number of esters is 1. The standard InChI is InChI=1S/C31H42Cl2N2O3/c1-3-5-6-7-9-20(4-2)30(36)37-29-22(19-31(29)14-16-34-17-15-31)18-23-27(35-38-28(23)21-12-13-21)26-24(32)10-8-11-25(26)33/h8,10-11,20-22,29,34H,3-7,9,12-19H2,1-2H3. The third-order valence-electron chi connectivity index (χ3n) is 9.21. The molecule has 0 amide bonds. The number of halogens is 2. The Morgan fingerprint density at radius 1 is 1.16 bits per heavy atom. The fraction of sp³-hybridized carbons (Fsp3) is 0.677. The van der Waals surface area contributed by atoms with Gasteiger partial charge < -0.3 is 14.6 Å². The topological polar surface area (TPSA) is 64.4 Å². The number of nitrogens with one attached hydrogen (secondary N) is 1. The van der Waals surface area contributed by atoms with Gasteiger partial charge in [-0.1, -0.05) is 74.0 Å². The van der Waals surface area contributed by atoms with Gasteiger partial charge in [0.05, 0.1) is 16.0 Å². The van der Waals surface area contributed by atoms with Gasteiger partial charge in [0.2, 0.25) is 0 Å². The summed E-state index contributed by atoms with van der Waals surface area (Å²) >= 11 is 13.2. The van der Waals surface area contributed by atoms with Crippen molar-refractivity contribution in [1.29, 1.82) is 0 Å². The number of nitrogens with zero attached hydrogens (tertiary/aromatic N) is 1. The second-order valence-electron chi connectivity index (χ2n) is 11.8. The fourth-order valence-corrected chi connectivity index (χ4v) is 7.37. The number of rotatable bonds is 12. The number of aromatic nitrogens is 1. The van der Waals surface area contributed by atoms with Crippen molar-refractivity contribution in [2.45, 2.75) is 103 Å². The summed E-state index contributed by atoms with van der Waals surface area (Å²) in [6.45, 7) is 6.30. The molecule has 2 heterocycles. The first-order chi connectivity index (χ1) is 18.5. The van der Waals surface area contributed by atoms with Crippen molar-refractivity contribution in [1.82, 2.24) is 10.5 Å². The summed E-state index contributed by atoms with van der Waals surface area (Å²) in [5.74, 6) is 1.61. The number of hydrogen-bond donors (Lipinski definition) is 1. The average Bonchev–Trinajstić information content (AvgIpc) is 3.68. The molecule has 3 unspecified atom stereocenters. The highest BCUT2D eigenvalue weighted by Gasteiger charge is 2.56. The van der Waals surface area contributed by atoms with E-state index in [0.717, 1.165) is 93.5 Å². The van der Waals surface area contributed by atoms with Gasteiger partial charge >= 0.3 is 5.97 Å². The Labute approximate surface area is 237 Å². The van der Waals surface area contributed by atoms with Crippen molar-refractivity contribution in [2.24, 2.45) is 17.3 Å². The number of carbonyl (C=O) groups excluding carboxylic acids is 1. The Hall–Kier alpha value is -1.56. The molecular weight excluding hydrogens is 519 g/mol. The molecule has 2 saturated carbocycles. The molecule has 1 aromatic carbocycles. The Bertz CT molecular complexity index is 1090. The first-order valence-electron chi connectivity index (χ1n) is 14.8. The van der Waals surface area contributed by atoms with Crippen LogP contribution in [0, 0.1) is 17.3 Å². The molecule has 2 aliphatic carbocycles. The van der Waals surface area contributed by atoms with Crippen molar-refractivity contribution in [3.8, 4) is 11.3 Å². The fourth-order valence-electron chi connectivity index (χ4n) is 6.79. The van der Waals surface area contributed by atoms with Crippen LogP contribution in [0.4, 0.5) is 0 Å². The van der Waals surface area contributed by atoms with Crippen LogP contribution in [0.5, 0.6) is 0 Å². The quantitative estimate of drug-likeness (QED) is 0.208. The van der Waals surface area contributed by atoms with E-state index in [-0.39, 0.29) is 29.3 Å². The van der Waals surface area contributed by atoms with Gasteiger partial charge in [0.1, 0.15) is 17.6 Å². The first-order valence-corrected chi connectivity index (χ1v) is 15.6. The van der Waals surface area contributed by atoms with Gasteiger partial charge in [-0.25, -0.2) is 0 Å². The van der Waals surface area contributed by atoms with Crippen LogP contribution in [0.3, 0.4) is 0 Å². The molecule has 3 atom stereocenters. The van der Waals surface area contributed by atoms with Gasteiger partial charge in [-0.2, -0.15) is 0 Å². The van der Waals surface area contributed by atoms with Crippen LogP contribution in [0.15, 0.2) is 22.7 Å². The number of ether oxygens (including phenoxy) is 1. The van der Waals surface area contributed by atoms with Gasteiger partial charge in [-0.15, -0.1) is 0 Å². The molecule has 5 rings (SSSR count). The van der Waals surface area contributed by atoms with Gasteiger partial charge in [0.25, 0.3) is 0 Å². The Kier molecular flexibility index (Phi) is 9.06. The molecule has 208 valence electrons. The van der Waals surface area contributed by atoms with E-state index in [1.807, 2.05) is 18.2 Å². The van der Waals surface area contributed by atoms with Gasteiger partial charge in [-0.3, -0.25) is 4.79 Å². The molecule has 1 aliphatic heterocycles. The Morgan fingerprint density at radius 2 is 1.89 bits per heavy atom. The van der Waals surface area contributed by atoms with E-state index in [4.69, 9.17) is 32.5 Å². The molecule has 38 heavy (non-hydrogen) atoms. The molecule has 2 aromatic rings. The molecule has 3 fully saturated rings. The zero-order chi connectivity index (χ0) is 26.7. The first kappa shape index (κ1) is 28.0. The van der Waals surface area contributed by atoms with Crippen molar-refractivity contribution in [3.63, 3.8) is 0 Å². The summed E-state index contributed by atoms with van der Waals surface area (Å²) in [5, 5.41) is 9.15. The Morgan fingerprint density at radius 3 is 2.55 bits per heavy atom. The van der Waals surface area contributed by atoms with Gasteiger partial charge in [-0.05, 0) is 76.6 Å². The van der Waals surface area contributed by atoms with E-state index in [2.05, 4.69) is 24.3 Å². The number of unbranched alkanes of at least 4 members (excludes halogenated alkanes) is 3. The zero-order valence-electron chi connectivity index (χ0n) is 22.9. The molecule has 3 aliphatic rings. The molecular formula is C31H42Cl2N2O3. The molecule has 7 heteroatoms. The average molecular weight is 562 g/mol. The minimum Gasteiger partial charge on any atom is -0.461 e. The highest BCUT2D eigenvalue weighted by atomic mass is 35.5. The highest BCUT2D eigenvalue weighted by Crippen LogP contribution is 2.56. The predicted molar refractivity (Wildman–Crippen MR) is 153 cm³/mol. The Balaban J connectivity index is 1.38. The summed E-state index contributed by atoms with van der Waals surface area (Å²) in [6, 6.07) is 5.55. The van der Waals surface area contributed by atoms with Crippen LogP contribution in [0.1, 0.15) is 102 Å². The smallest absolute Gasteiger partial charge is 0.309 e. The molecule has 0 bridgehead atoms. The van der Waals surface area contributed by atoms with Crippen LogP contribution in [-0.2, 0) is 16.0 Å². The van der Waals surface area contributed by atoms with Gasteiger partial charge in [0, 0.05) is 28.4 Å². The maximum absolute atomic E-state index is 13.5. The van der Waals surface area contributed by atoms with Crippen molar-refractivity contribution in [2.75, 3.05) is 13.1 Å². The van der Waals surface area contributed by atoms with E-state index in [1.54, 1.807) is 0 Å². The van der Waals surface area contributed by atoms with Crippen molar-refractivity contribution >= 4 is 29.2 Å². The van der Waals surface area contributed by atoms with Crippen LogP contribution >= 0.6 is 23.2 Å². The minimum absolute atomic E-state index is 0.00119. The highest BCUT2D eigenvalue weighted by molar-refractivity contribution is 6.39. The molecule has 1 aromatic heterocycles. The summed E-state index contributed by atoms with van der Waals surface area (Å²) in [5.41, 5.74) is 2.67. The lowest BCUT2D eigenvalue weighted by molar-refractivity contribution is -0.194. The molecule has 1 saturated heterocycles. The summed E-state index contributed by atoms with van der Waals surface area (Å²) in [7, 11) is 0. The molecule has 1 N–H and O–H groups in total. The SMILES string of the molecule is CCCCCCC(CC)C(=O)OC1C(Cc2c(-c3c(Cl)cccc3Cl)noc2C2CC2)CC12CCNCC2. The number of benzene rings is 1. The molecule has 1 spiro atoms. The van der Waals surface area contributed by atoms with Crippen molar-refractivity contribution < 1.29 is 14.1 Å². The van der Waals surface area contributed by atoms with E-state index in [1.165, 1.54) is 19.3 Å². The summed E-state index contributed by atoms with van der Waals surface area (Å²) < 4.78 is 12.4. The van der Waals surface area contributed by atoms with Crippen LogP contribution < -0.4 is 5.32 Å². The predicted octanol–water partition coefficient (Wildman–Crippen LogP) is 8.37. The normalized spacial score (nSPS) is 23.3. The van der Waals surface area contributed by atoms with Crippen LogP contribution in [0.2, 0.25) is 10.0 Å². The van der Waals surface area contributed by atoms with Crippen LogP contribution in [-0.4, -0.2) is 30.3 Å². The number of hydrogen-bond acceptors (Lipinski definition) is 5. The van der Waals surface area contributed by atoms with E-state index in [9.17, 15) is 4.79 Å². The minimum atomic E-state index is -0.0710. The maximum atomic E-state index is 13.5. The lowest BCUT2D eigenvalue weighted by Gasteiger charge is -2.56. The molecule has 0 radical (unpaired) electrons. The van der Waals surface area contributed by atoms with E-state index >= 15 is 0 Å². The summed E-state index contributed by atoms with van der Waals surface area (Å²) in [4.78, 5) is 13.5. The largest absolute Gasteiger partial charge is 0.461 e. The van der Waals surface area contributed by atoms with Crippen LogP contribution in [0.25, 0.3) is 11.3 Å². The number of carbonyl (C=O) groups is 1. The zero-order valence-corrected chi connectivity index (χ0v) is 24.4. The maximum Gasteiger partial charge on any atom is 0.309 e. The lowest BCUT2D eigenvalue weighted by Crippen LogP contribution is -2.59. The molecule has 5 nitrogen and oxygen atoms in total. The van der Waals surface area contributed by atoms with E-state index in [0.29, 0.717) is 16.0 Å². The second-order valence-corrected chi connectivity index (χ2v) is 12.7. The lowest BCUT2D eigenvalue weighted by atomic mass is 9.54. The third-order valence-corrected chi connectivity index (χ3v) is 9.84.